The van der Waals surface area contributed by atoms with Crippen LogP contribution in [0.1, 0.15) is 25.0 Å². The molecule has 0 saturated carbocycles. The molecule has 3 heteroatoms. The summed E-state index contributed by atoms with van der Waals surface area (Å²) in [6.07, 6.45) is 0. The fourth-order valence-electron chi connectivity index (χ4n) is 1.40. The Bertz CT molecular complexity index is 356. The van der Waals surface area contributed by atoms with Gasteiger partial charge < -0.3 is 5.84 Å². The van der Waals surface area contributed by atoms with Crippen LogP contribution < -0.4 is 5.84 Å². The highest BCUT2D eigenvalue weighted by Gasteiger charge is 2.11. The largest absolute Gasteiger partial charge is 0.323 e. The zero-order chi connectivity index (χ0) is 10.7. The Morgan fingerprint density at radius 3 is 2.57 bits per heavy atom. The van der Waals surface area contributed by atoms with E-state index in [2.05, 4.69) is 5.10 Å². The predicted octanol–water partition coefficient (Wildman–Crippen LogP) is 2.45. The zero-order valence-electron chi connectivity index (χ0n) is 8.71. The molecule has 0 atom stereocenters. The number of hydrogen-bond donors (Lipinski definition) is 1. The Hall–Kier alpha value is -1.38. The standard InChI is InChI=1S/C11H15FN2/c1-7(2)11(14-13)10-6-9(12)5-4-8(10)3/h4-7H,13H2,1-3H3. The van der Waals surface area contributed by atoms with Gasteiger partial charge in [0, 0.05) is 5.56 Å². The lowest BCUT2D eigenvalue weighted by Gasteiger charge is -2.11. The molecule has 0 radical (unpaired) electrons. The first kappa shape index (κ1) is 10.7. The first-order chi connectivity index (χ1) is 6.56. The Morgan fingerprint density at radius 2 is 2.07 bits per heavy atom. The summed E-state index contributed by atoms with van der Waals surface area (Å²) in [6.45, 7) is 5.88. The van der Waals surface area contributed by atoms with Gasteiger partial charge in [-0.3, -0.25) is 0 Å². The molecule has 0 spiro atoms. The Kier molecular flexibility index (Phi) is 3.23. The van der Waals surface area contributed by atoms with Crippen molar-refractivity contribution in [2.75, 3.05) is 0 Å². The van der Waals surface area contributed by atoms with E-state index >= 15 is 0 Å². The van der Waals surface area contributed by atoms with Gasteiger partial charge in [0.15, 0.2) is 0 Å². The maximum Gasteiger partial charge on any atom is 0.123 e. The Balaban J connectivity index is 3.23. The number of nitrogens with zero attached hydrogens (tertiary/aromatic N) is 1. The molecule has 14 heavy (non-hydrogen) atoms. The van der Waals surface area contributed by atoms with Crippen molar-refractivity contribution in [3.05, 3.63) is 35.1 Å². The SMILES string of the molecule is Cc1ccc(F)cc1C(=NN)C(C)C. The third-order valence-electron chi connectivity index (χ3n) is 2.16. The monoisotopic (exact) mass is 194 g/mol. The second kappa shape index (κ2) is 4.22. The molecule has 76 valence electrons. The lowest BCUT2D eigenvalue weighted by molar-refractivity contribution is 0.626. The molecule has 1 aromatic carbocycles. The highest BCUT2D eigenvalue weighted by atomic mass is 19.1. The molecule has 0 aromatic heterocycles. The highest BCUT2D eigenvalue weighted by molar-refractivity contribution is 6.02. The fraction of sp³-hybridized carbons (Fsp3) is 0.364. The molecule has 0 aliphatic carbocycles. The zero-order valence-corrected chi connectivity index (χ0v) is 8.71. The van der Waals surface area contributed by atoms with Crippen LogP contribution in [0, 0.1) is 18.7 Å². The number of hydrogen-bond acceptors (Lipinski definition) is 2. The first-order valence-corrected chi connectivity index (χ1v) is 4.60. The van der Waals surface area contributed by atoms with Crippen molar-refractivity contribution in [2.45, 2.75) is 20.8 Å². The number of halogens is 1. The van der Waals surface area contributed by atoms with Crippen LogP contribution in [0.2, 0.25) is 0 Å². The fourth-order valence-corrected chi connectivity index (χ4v) is 1.40. The molecule has 0 unspecified atom stereocenters. The quantitative estimate of drug-likeness (QED) is 0.438. The minimum absolute atomic E-state index is 0.195. The van der Waals surface area contributed by atoms with Crippen LogP contribution in [-0.4, -0.2) is 5.71 Å². The summed E-state index contributed by atoms with van der Waals surface area (Å²) in [5.74, 6) is 5.23. The van der Waals surface area contributed by atoms with Gasteiger partial charge in [0.2, 0.25) is 0 Å². The van der Waals surface area contributed by atoms with E-state index in [4.69, 9.17) is 5.84 Å². The highest BCUT2D eigenvalue weighted by Crippen LogP contribution is 2.15. The molecule has 1 aromatic rings. The van der Waals surface area contributed by atoms with Gasteiger partial charge in [-0.15, -0.1) is 0 Å². The molecule has 2 N–H and O–H groups in total. The number of nitrogens with two attached hydrogens (primary N) is 1. The molecule has 0 fully saturated rings. The maximum absolute atomic E-state index is 13.0. The molecule has 0 aliphatic heterocycles. The number of aryl methyl sites for hydroxylation is 1. The number of hydrazone groups is 1. The van der Waals surface area contributed by atoms with Gasteiger partial charge in [-0.2, -0.15) is 5.10 Å². The maximum atomic E-state index is 13.0. The van der Waals surface area contributed by atoms with Crippen LogP contribution in [0.3, 0.4) is 0 Å². The van der Waals surface area contributed by atoms with Crippen LogP contribution in [0.5, 0.6) is 0 Å². The van der Waals surface area contributed by atoms with Gasteiger partial charge in [-0.25, -0.2) is 4.39 Å². The lowest BCUT2D eigenvalue weighted by Crippen LogP contribution is -2.13. The summed E-state index contributed by atoms with van der Waals surface area (Å²) < 4.78 is 13.0. The molecule has 0 bridgehead atoms. The van der Waals surface area contributed by atoms with E-state index < -0.39 is 0 Å². The summed E-state index contributed by atoms with van der Waals surface area (Å²) in [5.41, 5.74) is 2.52. The summed E-state index contributed by atoms with van der Waals surface area (Å²) in [6, 6.07) is 4.65. The van der Waals surface area contributed by atoms with Crippen molar-refractivity contribution in [3.63, 3.8) is 0 Å². The van der Waals surface area contributed by atoms with Gasteiger partial charge in [-0.05, 0) is 30.5 Å². The van der Waals surface area contributed by atoms with E-state index in [0.29, 0.717) is 0 Å². The van der Waals surface area contributed by atoms with E-state index in [1.54, 1.807) is 6.07 Å². The second-order valence-corrected chi connectivity index (χ2v) is 3.63. The molecule has 0 aliphatic rings. The minimum Gasteiger partial charge on any atom is -0.323 e. The summed E-state index contributed by atoms with van der Waals surface area (Å²) in [4.78, 5) is 0. The van der Waals surface area contributed by atoms with E-state index in [-0.39, 0.29) is 11.7 Å². The van der Waals surface area contributed by atoms with Crippen LogP contribution in [-0.2, 0) is 0 Å². The van der Waals surface area contributed by atoms with Gasteiger partial charge in [0.05, 0.1) is 5.71 Å². The average Bonchev–Trinajstić information content (AvgIpc) is 2.11. The van der Waals surface area contributed by atoms with E-state index in [0.717, 1.165) is 16.8 Å². The topological polar surface area (TPSA) is 38.4 Å². The molecular weight excluding hydrogens is 179 g/mol. The third kappa shape index (κ3) is 2.10. The van der Waals surface area contributed by atoms with E-state index in [1.807, 2.05) is 20.8 Å². The second-order valence-electron chi connectivity index (χ2n) is 3.63. The molecular formula is C11H15FN2. The molecule has 0 saturated heterocycles. The third-order valence-corrected chi connectivity index (χ3v) is 2.16. The molecule has 0 heterocycles. The number of benzene rings is 1. The van der Waals surface area contributed by atoms with Crippen molar-refractivity contribution in [1.29, 1.82) is 0 Å². The predicted molar refractivity (Wildman–Crippen MR) is 56.7 cm³/mol. The van der Waals surface area contributed by atoms with Crippen LogP contribution in [0.15, 0.2) is 23.3 Å². The van der Waals surface area contributed by atoms with E-state index in [1.165, 1.54) is 12.1 Å². The molecule has 2 nitrogen and oxygen atoms in total. The molecule has 0 amide bonds. The summed E-state index contributed by atoms with van der Waals surface area (Å²) in [5, 5.41) is 3.71. The van der Waals surface area contributed by atoms with E-state index in [9.17, 15) is 4.39 Å². The van der Waals surface area contributed by atoms with Crippen molar-refractivity contribution in [1.82, 2.24) is 0 Å². The minimum atomic E-state index is -0.257. The van der Waals surface area contributed by atoms with Crippen molar-refractivity contribution in [2.24, 2.45) is 16.9 Å². The van der Waals surface area contributed by atoms with Crippen molar-refractivity contribution in [3.8, 4) is 0 Å². The first-order valence-electron chi connectivity index (χ1n) is 4.60. The van der Waals surface area contributed by atoms with Crippen LogP contribution in [0.25, 0.3) is 0 Å². The average molecular weight is 194 g/mol. The lowest BCUT2D eigenvalue weighted by atomic mass is 9.96. The van der Waals surface area contributed by atoms with Crippen molar-refractivity contribution < 1.29 is 4.39 Å². The Labute approximate surface area is 83.6 Å². The van der Waals surface area contributed by atoms with Gasteiger partial charge in [-0.1, -0.05) is 19.9 Å². The van der Waals surface area contributed by atoms with Gasteiger partial charge in [0.1, 0.15) is 5.82 Å². The van der Waals surface area contributed by atoms with Crippen LogP contribution in [0.4, 0.5) is 4.39 Å². The Morgan fingerprint density at radius 1 is 1.43 bits per heavy atom. The summed E-state index contributed by atoms with van der Waals surface area (Å²) in [7, 11) is 0. The normalized spacial score (nSPS) is 12.2. The summed E-state index contributed by atoms with van der Waals surface area (Å²) >= 11 is 0. The van der Waals surface area contributed by atoms with Crippen molar-refractivity contribution >= 4 is 5.71 Å². The van der Waals surface area contributed by atoms with Gasteiger partial charge in [0.25, 0.3) is 0 Å². The molecule has 1 rings (SSSR count). The van der Waals surface area contributed by atoms with Crippen LogP contribution >= 0.6 is 0 Å². The smallest absolute Gasteiger partial charge is 0.123 e. The number of rotatable bonds is 2. The van der Waals surface area contributed by atoms with Gasteiger partial charge >= 0.3 is 0 Å².